The summed E-state index contributed by atoms with van der Waals surface area (Å²) in [5, 5.41) is 10.5. The topological polar surface area (TPSA) is 237 Å². The number of hydrogen-bond acceptors (Lipinski definition) is 15. The molecule has 0 rings (SSSR count). The molecule has 0 aliphatic carbocycles. The van der Waals surface area contributed by atoms with Crippen molar-refractivity contribution in [1.82, 2.24) is 0 Å². The number of carbonyl (C=O) groups excluding carboxylic acids is 4. The number of unbranched alkanes of at least 4 members (excludes halogenated alkanes) is 35. The van der Waals surface area contributed by atoms with Crippen LogP contribution < -0.4 is 0 Å². The van der Waals surface area contributed by atoms with E-state index in [1.807, 2.05) is 0 Å². The highest BCUT2D eigenvalue weighted by Gasteiger charge is 2.30. The lowest BCUT2D eigenvalue weighted by molar-refractivity contribution is -0.161. The fourth-order valence-electron chi connectivity index (χ4n) is 9.41. The number of carbonyl (C=O) groups is 4. The first-order valence-electron chi connectivity index (χ1n) is 33.1. The van der Waals surface area contributed by atoms with Gasteiger partial charge < -0.3 is 33.8 Å². The number of rotatable bonds is 63. The summed E-state index contributed by atoms with van der Waals surface area (Å²) >= 11 is 0. The van der Waals surface area contributed by atoms with E-state index in [1.165, 1.54) is 122 Å². The molecule has 486 valence electrons. The molecule has 82 heavy (non-hydrogen) atoms. The highest BCUT2D eigenvalue weighted by Crippen LogP contribution is 2.45. The van der Waals surface area contributed by atoms with Crippen LogP contribution >= 0.6 is 15.6 Å². The maximum atomic E-state index is 13.0. The lowest BCUT2D eigenvalue weighted by Gasteiger charge is -2.21. The van der Waals surface area contributed by atoms with E-state index < -0.39 is 97.5 Å². The zero-order chi connectivity index (χ0) is 60.6. The number of aliphatic hydroxyl groups excluding tert-OH is 1. The number of phosphoric ester groups is 2. The first-order valence-corrected chi connectivity index (χ1v) is 36.1. The third kappa shape index (κ3) is 57.2. The molecule has 0 aliphatic rings. The van der Waals surface area contributed by atoms with Crippen molar-refractivity contribution in [3.8, 4) is 0 Å². The molecule has 17 nitrogen and oxygen atoms in total. The van der Waals surface area contributed by atoms with Crippen molar-refractivity contribution in [2.75, 3.05) is 39.6 Å². The van der Waals surface area contributed by atoms with E-state index in [4.69, 9.17) is 37.0 Å². The zero-order valence-electron chi connectivity index (χ0n) is 52.6. The standard InChI is InChI=1S/C63H122O17P2/c1-6-9-12-15-17-18-19-22-26-29-33-37-42-47-61(66)74-53-59(80-63(68)49-44-39-34-30-27-24-21-20-23-25-28-32-36-40-45-56(4)5)55-78-82(71,72)76-51-57(64)50-75-81(69,70)77-54-58(52-73-60(65)46-41-35-14-11-8-3)79-62(67)48-43-38-31-16-13-10-7-2/h56-59,64H,6-55H2,1-5H3,(H,69,70)(H,71,72)/t57-,58+,59+/m0/s1. The number of aliphatic hydroxyl groups is 1. The fraction of sp³-hybridized carbons (Fsp3) is 0.937. The Labute approximate surface area is 498 Å². The molecular weight excluding hydrogens is 1090 g/mol. The van der Waals surface area contributed by atoms with Crippen LogP contribution in [-0.2, 0) is 65.4 Å². The number of esters is 4. The summed E-state index contributed by atoms with van der Waals surface area (Å²) in [5.41, 5.74) is 0. The van der Waals surface area contributed by atoms with Gasteiger partial charge in [-0.2, -0.15) is 0 Å². The minimum Gasteiger partial charge on any atom is -0.462 e. The van der Waals surface area contributed by atoms with Crippen molar-refractivity contribution in [3.63, 3.8) is 0 Å². The van der Waals surface area contributed by atoms with Gasteiger partial charge in [-0.05, 0) is 31.6 Å². The summed E-state index contributed by atoms with van der Waals surface area (Å²) in [6.07, 6.45) is 40.8. The second-order valence-corrected chi connectivity index (χ2v) is 26.2. The Hall–Kier alpha value is -1.94. The predicted octanol–water partition coefficient (Wildman–Crippen LogP) is 17.4. The molecule has 0 heterocycles. The van der Waals surface area contributed by atoms with Crippen LogP contribution in [0.1, 0.15) is 317 Å². The third-order valence-electron chi connectivity index (χ3n) is 14.5. The van der Waals surface area contributed by atoms with E-state index >= 15 is 0 Å². The van der Waals surface area contributed by atoms with Crippen molar-refractivity contribution in [2.45, 2.75) is 335 Å². The molecule has 0 saturated heterocycles. The maximum Gasteiger partial charge on any atom is 0.472 e. The van der Waals surface area contributed by atoms with E-state index in [1.54, 1.807) is 0 Å². The summed E-state index contributed by atoms with van der Waals surface area (Å²) < 4.78 is 67.7. The molecule has 19 heteroatoms. The molecule has 0 fully saturated rings. The van der Waals surface area contributed by atoms with Crippen molar-refractivity contribution in [2.24, 2.45) is 5.92 Å². The number of phosphoric acid groups is 2. The predicted molar refractivity (Wildman–Crippen MR) is 326 cm³/mol. The van der Waals surface area contributed by atoms with Crippen LogP contribution in [0.4, 0.5) is 0 Å². The fourth-order valence-corrected chi connectivity index (χ4v) is 11.0. The maximum absolute atomic E-state index is 13.0. The largest absolute Gasteiger partial charge is 0.472 e. The minimum absolute atomic E-state index is 0.103. The second-order valence-electron chi connectivity index (χ2n) is 23.3. The summed E-state index contributed by atoms with van der Waals surface area (Å²) in [7, 11) is -9.87. The van der Waals surface area contributed by atoms with E-state index in [0.717, 1.165) is 115 Å². The van der Waals surface area contributed by atoms with E-state index in [0.29, 0.717) is 25.7 Å². The quantitative estimate of drug-likeness (QED) is 0.0222. The van der Waals surface area contributed by atoms with Gasteiger partial charge >= 0.3 is 39.5 Å². The Morgan fingerprint density at radius 2 is 0.561 bits per heavy atom. The van der Waals surface area contributed by atoms with Gasteiger partial charge in [0.1, 0.15) is 19.3 Å². The third-order valence-corrected chi connectivity index (χ3v) is 16.4. The van der Waals surface area contributed by atoms with Crippen molar-refractivity contribution in [3.05, 3.63) is 0 Å². The Morgan fingerprint density at radius 3 is 0.829 bits per heavy atom. The first kappa shape index (κ1) is 80.1. The molecule has 0 radical (unpaired) electrons. The smallest absolute Gasteiger partial charge is 0.462 e. The first-order chi connectivity index (χ1) is 39.5. The molecule has 0 aromatic carbocycles. The van der Waals surface area contributed by atoms with Gasteiger partial charge in [0.15, 0.2) is 12.2 Å². The Bertz CT molecular complexity index is 1600. The number of ether oxygens (including phenoxy) is 4. The Kier molecular flexibility index (Phi) is 55.5. The summed E-state index contributed by atoms with van der Waals surface area (Å²) in [5.74, 6) is -1.35. The van der Waals surface area contributed by atoms with Gasteiger partial charge in [-0.3, -0.25) is 37.3 Å². The molecule has 2 unspecified atom stereocenters. The van der Waals surface area contributed by atoms with E-state index in [-0.39, 0.29) is 25.7 Å². The van der Waals surface area contributed by atoms with Gasteiger partial charge in [0.05, 0.1) is 26.4 Å². The van der Waals surface area contributed by atoms with Gasteiger partial charge in [-0.1, -0.05) is 266 Å². The average molecular weight is 1210 g/mol. The molecule has 0 bridgehead atoms. The zero-order valence-corrected chi connectivity index (χ0v) is 54.4. The van der Waals surface area contributed by atoms with E-state index in [2.05, 4.69) is 34.6 Å². The van der Waals surface area contributed by atoms with E-state index in [9.17, 15) is 43.2 Å². The summed E-state index contributed by atoms with van der Waals surface area (Å²) in [6.45, 7) is 7.08. The van der Waals surface area contributed by atoms with Crippen LogP contribution in [0.15, 0.2) is 0 Å². The van der Waals surface area contributed by atoms with Crippen LogP contribution in [0.5, 0.6) is 0 Å². The molecule has 0 amide bonds. The van der Waals surface area contributed by atoms with Crippen molar-refractivity contribution in [1.29, 1.82) is 0 Å². The number of hydrogen-bond donors (Lipinski definition) is 3. The SMILES string of the molecule is CCCCCCCCCCCCCCCC(=O)OC[C@H](COP(=O)(O)OC[C@@H](O)COP(=O)(O)OC[C@@H](COC(=O)CCCCCCC)OC(=O)CCCCCCCCC)OC(=O)CCCCCCCCCCCCCCCCC(C)C. The normalized spacial score (nSPS) is 14.3. The molecule has 0 saturated carbocycles. The molecule has 0 aliphatic heterocycles. The second kappa shape index (κ2) is 56.8. The summed E-state index contributed by atoms with van der Waals surface area (Å²) in [4.78, 5) is 71.8. The van der Waals surface area contributed by atoms with Crippen LogP contribution in [-0.4, -0.2) is 96.7 Å². The van der Waals surface area contributed by atoms with Gasteiger partial charge in [-0.25, -0.2) is 9.13 Å². The van der Waals surface area contributed by atoms with Crippen molar-refractivity contribution < 1.29 is 80.2 Å². The average Bonchev–Trinajstić information content (AvgIpc) is 3.45. The van der Waals surface area contributed by atoms with Gasteiger partial charge in [0.2, 0.25) is 0 Å². The highest BCUT2D eigenvalue weighted by molar-refractivity contribution is 7.47. The van der Waals surface area contributed by atoms with Gasteiger partial charge in [0, 0.05) is 25.7 Å². The van der Waals surface area contributed by atoms with Crippen molar-refractivity contribution >= 4 is 39.5 Å². The van der Waals surface area contributed by atoms with Crippen LogP contribution in [0.3, 0.4) is 0 Å². The van der Waals surface area contributed by atoms with Crippen LogP contribution in [0, 0.1) is 5.92 Å². The Morgan fingerprint density at radius 1 is 0.329 bits per heavy atom. The molecule has 5 atom stereocenters. The molecular formula is C63H122O17P2. The van der Waals surface area contributed by atoms with Crippen LogP contribution in [0.2, 0.25) is 0 Å². The van der Waals surface area contributed by atoms with Crippen LogP contribution in [0.25, 0.3) is 0 Å². The van der Waals surface area contributed by atoms with Gasteiger partial charge in [0.25, 0.3) is 0 Å². The summed E-state index contributed by atoms with van der Waals surface area (Å²) in [6, 6.07) is 0. The molecule has 0 spiro atoms. The highest BCUT2D eigenvalue weighted by atomic mass is 31.2. The lowest BCUT2D eigenvalue weighted by Crippen LogP contribution is -2.30. The lowest BCUT2D eigenvalue weighted by atomic mass is 10.0. The monoisotopic (exact) mass is 1210 g/mol. The Balaban J connectivity index is 5.13. The molecule has 0 aromatic heterocycles. The van der Waals surface area contributed by atoms with Gasteiger partial charge in [-0.15, -0.1) is 0 Å². The molecule has 0 aromatic rings. The molecule has 3 N–H and O–H groups in total. The minimum atomic E-state index is -4.94.